The van der Waals surface area contributed by atoms with Gasteiger partial charge in [0, 0.05) is 0 Å². The average Bonchev–Trinajstić information content (AvgIpc) is 2.48. The normalized spacial score (nSPS) is 9.42. The minimum absolute atomic E-state index is 0.170. The van der Waals surface area contributed by atoms with Crippen LogP contribution in [-0.2, 0) is 4.74 Å². The zero-order valence-electron chi connectivity index (χ0n) is 9.87. The highest BCUT2D eigenvalue weighted by molar-refractivity contribution is 6.02. The van der Waals surface area contributed by atoms with Crippen LogP contribution in [0.5, 0.6) is 0 Å². The van der Waals surface area contributed by atoms with Gasteiger partial charge < -0.3 is 4.74 Å². The van der Waals surface area contributed by atoms with Crippen LogP contribution in [0.3, 0.4) is 0 Å². The Morgan fingerprint density at radius 3 is 2.21 bits per heavy atom. The molecule has 4 nitrogen and oxygen atoms in total. The fraction of sp³-hybridized carbons (Fsp3) is 0. The molecular formula is C15H9NO3. The van der Waals surface area contributed by atoms with Crippen LogP contribution in [-0.4, -0.2) is 11.9 Å². The molecule has 2 aromatic carbocycles. The van der Waals surface area contributed by atoms with Gasteiger partial charge in [0.1, 0.15) is 0 Å². The van der Waals surface area contributed by atoms with Crippen LogP contribution in [0.2, 0.25) is 0 Å². The van der Waals surface area contributed by atoms with Crippen LogP contribution in [0, 0.1) is 11.3 Å². The molecule has 0 radical (unpaired) electrons. The minimum Gasteiger partial charge on any atom is -0.386 e. The first kappa shape index (κ1) is 12.5. The Balaban J connectivity index is 2.13. The van der Waals surface area contributed by atoms with Gasteiger partial charge in [-0.2, -0.15) is 5.26 Å². The molecule has 0 unspecified atom stereocenters. The highest BCUT2D eigenvalue weighted by Crippen LogP contribution is 2.08. The summed E-state index contributed by atoms with van der Waals surface area (Å²) in [5, 5.41) is 8.73. The van der Waals surface area contributed by atoms with E-state index >= 15 is 0 Å². The van der Waals surface area contributed by atoms with E-state index in [1.165, 1.54) is 12.1 Å². The summed E-state index contributed by atoms with van der Waals surface area (Å²) in [7, 11) is 0. The van der Waals surface area contributed by atoms with E-state index in [0.29, 0.717) is 11.1 Å². The molecule has 19 heavy (non-hydrogen) atoms. The Hall–Kier alpha value is -2.93. The number of benzene rings is 2. The number of carbonyl (C=O) groups is 2. The molecule has 0 aliphatic rings. The predicted octanol–water partition coefficient (Wildman–Crippen LogP) is 2.56. The van der Waals surface area contributed by atoms with E-state index in [-0.39, 0.29) is 5.56 Å². The monoisotopic (exact) mass is 251 g/mol. The minimum atomic E-state index is -0.772. The summed E-state index contributed by atoms with van der Waals surface area (Å²) < 4.78 is 4.73. The zero-order valence-corrected chi connectivity index (χ0v) is 9.87. The van der Waals surface area contributed by atoms with Crippen LogP contribution >= 0.6 is 0 Å². The molecule has 4 heteroatoms. The van der Waals surface area contributed by atoms with Gasteiger partial charge in [-0.15, -0.1) is 0 Å². The Morgan fingerprint density at radius 1 is 0.895 bits per heavy atom. The van der Waals surface area contributed by atoms with E-state index < -0.39 is 11.9 Å². The van der Waals surface area contributed by atoms with Crippen molar-refractivity contribution < 1.29 is 14.3 Å². The maximum absolute atomic E-state index is 11.7. The van der Waals surface area contributed by atoms with Crippen molar-refractivity contribution in [3.8, 4) is 6.07 Å². The van der Waals surface area contributed by atoms with Gasteiger partial charge in [0.05, 0.1) is 22.8 Å². The molecule has 0 bridgehead atoms. The van der Waals surface area contributed by atoms with Gasteiger partial charge >= 0.3 is 11.9 Å². The molecule has 2 rings (SSSR count). The first-order valence-electron chi connectivity index (χ1n) is 5.52. The van der Waals surface area contributed by atoms with Crippen LogP contribution < -0.4 is 0 Å². The number of carbonyl (C=O) groups excluding carboxylic acids is 2. The summed E-state index contributed by atoms with van der Waals surface area (Å²) in [6.45, 7) is 0. The number of esters is 2. The molecule has 0 saturated heterocycles. The van der Waals surface area contributed by atoms with Crippen molar-refractivity contribution in [3.05, 3.63) is 71.3 Å². The van der Waals surface area contributed by atoms with Crippen molar-refractivity contribution in [2.45, 2.75) is 0 Å². The Bertz CT molecular complexity index is 657. The molecule has 0 aliphatic carbocycles. The van der Waals surface area contributed by atoms with Gasteiger partial charge in [-0.1, -0.05) is 24.3 Å². The quantitative estimate of drug-likeness (QED) is 0.607. The summed E-state index contributed by atoms with van der Waals surface area (Å²) in [5.74, 6) is -1.49. The van der Waals surface area contributed by atoms with E-state index in [9.17, 15) is 9.59 Å². The molecule has 0 atom stereocenters. The van der Waals surface area contributed by atoms with Crippen LogP contribution in [0.4, 0.5) is 0 Å². The molecule has 0 aromatic heterocycles. The SMILES string of the molecule is N#Cc1cccc(C(=O)OC(=O)c2ccccc2)c1. The number of rotatable bonds is 2. The first-order chi connectivity index (χ1) is 9.20. The molecule has 0 aliphatic heterocycles. The highest BCUT2D eigenvalue weighted by atomic mass is 16.6. The lowest BCUT2D eigenvalue weighted by atomic mass is 10.1. The molecule has 0 fully saturated rings. The summed E-state index contributed by atoms with van der Waals surface area (Å²) in [6.07, 6.45) is 0. The summed E-state index contributed by atoms with van der Waals surface area (Å²) in [6, 6.07) is 16.1. The maximum Gasteiger partial charge on any atom is 0.346 e. The Morgan fingerprint density at radius 2 is 1.53 bits per heavy atom. The number of hydrogen-bond donors (Lipinski definition) is 0. The lowest BCUT2D eigenvalue weighted by molar-refractivity contribution is 0.0398. The molecule has 0 N–H and O–H groups in total. The largest absolute Gasteiger partial charge is 0.386 e. The maximum atomic E-state index is 11.7. The van der Waals surface area contributed by atoms with E-state index in [1.807, 2.05) is 6.07 Å². The summed E-state index contributed by atoms with van der Waals surface area (Å²) in [5.41, 5.74) is 0.803. The molecule has 92 valence electrons. The molecule has 0 heterocycles. The third-order valence-corrected chi connectivity index (χ3v) is 2.42. The van der Waals surface area contributed by atoms with E-state index in [1.54, 1.807) is 42.5 Å². The number of hydrogen-bond acceptors (Lipinski definition) is 4. The molecule has 0 saturated carbocycles. The first-order valence-corrected chi connectivity index (χ1v) is 5.52. The van der Waals surface area contributed by atoms with Crippen molar-refractivity contribution in [2.75, 3.05) is 0 Å². The smallest absolute Gasteiger partial charge is 0.346 e. The van der Waals surface area contributed by atoms with Gasteiger partial charge in [0.15, 0.2) is 0 Å². The highest BCUT2D eigenvalue weighted by Gasteiger charge is 2.14. The number of nitriles is 1. The third kappa shape index (κ3) is 3.05. The standard InChI is InChI=1S/C15H9NO3/c16-10-11-5-4-8-13(9-11)15(18)19-14(17)12-6-2-1-3-7-12/h1-9H. The third-order valence-electron chi connectivity index (χ3n) is 2.42. The fourth-order valence-electron chi connectivity index (χ4n) is 1.49. The predicted molar refractivity (Wildman–Crippen MR) is 67.3 cm³/mol. The molecule has 0 spiro atoms. The van der Waals surface area contributed by atoms with Gasteiger partial charge in [0.25, 0.3) is 0 Å². The fourth-order valence-corrected chi connectivity index (χ4v) is 1.49. The Kier molecular flexibility index (Phi) is 3.70. The second kappa shape index (κ2) is 5.61. The van der Waals surface area contributed by atoms with Gasteiger partial charge in [-0.05, 0) is 30.3 Å². The van der Waals surface area contributed by atoms with Gasteiger partial charge in [-0.25, -0.2) is 9.59 Å². The van der Waals surface area contributed by atoms with Gasteiger partial charge in [0.2, 0.25) is 0 Å². The second-order valence-corrected chi connectivity index (χ2v) is 3.74. The lowest BCUT2D eigenvalue weighted by Gasteiger charge is -2.03. The van der Waals surface area contributed by atoms with Crippen molar-refractivity contribution in [1.29, 1.82) is 5.26 Å². The second-order valence-electron chi connectivity index (χ2n) is 3.74. The van der Waals surface area contributed by atoms with Crippen LogP contribution in [0.25, 0.3) is 0 Å². The lowest BCUT2D eigenvalue weighted by Crippen LogP contribution is -2.12. The molecule has 0 amide bonds. The van der Waals surface area contributed by atoms with Crippen molar-refractivity contribution in [3.63, 3.8) is 0 Å². The zero-order chi connectivity index (χ0) is 13.7. The van der Waals surface area contributed by atoms with E-state index in [4.69, 9.17) is 10.00 Å². The van der Waals surface area contributed by atoms with Crippen LogP contribution in [0.15, 0.2) is 54.6 Å². The van der Waals surface area contributed by atoms with E-state index in [0.717, 1.165) is 0 Å². The Labute approximate surface area is 109 Å². The van der Waals surface area contributed by atoms with E-state index in [2.05, 4.69) is 0 Å². The number of nitrogens with zero attached hydrogens (tertiary/aromatic N) is 1. The molecule has 2 aromatic rings. The number of ether oxygens (including phenoxy) is 1. The average molecular weight is 251 g/mol. The summed E-state index contributed by atoms with van der Waals surface area (Å²) >= 11 is 0. The van der Waals surface area contributed by atoms with Gasteiger partial charge in [-0.3, -0.25) is 0 Å². The summed E-state index contributed by atoms with van der Waals surface area (Å²) in [4.78, 5) is 23.4. The van der Waals surface area contributed by atoms with Crippen LogP contribution in [0.1, 0.15) is 26.3 Å². The molecular weight excluding hydrogens is 242 g/mol. The van der Waals surface area contributed by atoms with Crippen molar-refractivity contribution in [1.82, 2.24) is 0 Å². The topological polar surface area (TPSA) is 67.2 Å². The van der Waals surface area contributed by atoms with Crippen molar-refractivity contribution in [2.24, 2.45) is 0 Å². The van der Waals surface area contributed by atoms with Crippen molar-refractivity contribution >= 4 is 11.9 Å².